The van der Waals surface area contributed by atoms with Crippen LogP contribution in [0.3, 0.4) is 0 Å². The number of pyridine rings is 1. The van der Waals surface area contributed by atoms with Crippen LogP contribution >= 0.6 is 0 Å². The molecule has 10 heteroatoms. The first-order chi connectivity index (χ1) is 13.9. The van der Waals surface area contributed by atoms with Gasteiger partial charge in [-0.2, -0.15) is 4.98 Å². The molecule has 0 aliphatic carbocycles. The van der Waals surface area contributed by atoms with Gasteiger partial charge >= 0.3 is 6.09 Å². The second-order valence-electron chi connectivity index (χ2n) is 6.73. The van der Waals surface area contributed by atoms with Gasteiger partial charge in [-0.3, -0.25) is 14.9 Å². The Hall–Kier alpha value is -3.95. The van der Waals surface area contributed by atoms with Crippen LogP contribution in [-0.2, 0) is 4.79 Å². The predicted molar refractivity (Wildman–Crippen MR) is 104 cm³/mol. The molecule has 3 N–H and O–H groups in total. The van der Waals surface area contributed by atoms with Crippen LogP contribution in [0.15, 0.2) is 42.5 Å². The minimum Gasteiger partial charge on any atom is -0.465 e. The molecule has 0 spiro atoms. The van der Waals surface area contributed by atoms with Crippen molar-refractivity contribution in [3.05, 3.63) is 48.0 Å². The summed E-state index contributed by atoms with van der Waals surface area (Å²) in [4.78, 5) is 40.2. The monoisotopic (exact) mass is 394 g/mol. The summed E-state index contributed by atoms with van der Waals surface area (Å²) in [6.07, 6.45) is -1.24. The zero-order valence-electron chi connectivity index (χ0n) is 15.5. The number of carboxylic acid groups (broad SMARTS) is 1. The zero-order valence-corrected chi connectivity index (χ0v) is 15.5. The van der Waals surface area contributed by atoms with Crippen LogP contribution in [0, 0.1) is 0 Å². The number of carbonyl (C=O) groups excluding carboxylic acids is 2. The minimum absolute atomic E-state index is 0.00856. The number of aromatic nitrogens is 3. The number of nitrogens with one attached hydrogen (secondary N) is 2. The normalized spacial score (nSPS) is 13.8. The molecule has 4 rings (SSSR count). The lowest BCUT2D eigenvalue weighted by Gasteiger charge is -2.39. The van der Waals surface area contributed by atoms with E-state index in [9.17, 15) is 14.4 Å². The van der Waals surface area contributed by atoms with Gasteiger partial charge in [0.25, 0.3) is 11.9 Å². The van der Waals surface area contributed by atoms with E-state index in [0.717, 1.165) is 5.56 Å². The third kappa shape index (κ3) is 3.72. The number of fused-ring (bicyclic) bond motifs is 1. The van der Waals surface area contributed by atoms with Gasteiger partial charge in [-0.1, -0.05) is 18.2 Å². The molecular weight excluding hydrogens is 376 g/mol. The fourth-order valence-electron chi connectivity index (χ4n) is 3.26. The highest BCUT2D eigenvalue weighted by Crippen LogP contribution is 2.22. The van der Waals surface area contributed by atoms with Gasteiger partial charge in [-0.25, -0.2) is 9.31 Å². The third-order valence-electron chi connectivity index (χ3n) is 4.58. The largest absolute Gasteiger partial charge is 0.465 e. The number of amides is 3. The van der Waals surface area contributed by atoms with Crippen LogP contribution < -0.4 is 10.6 Å². The van der Waals surface area contributed by atoms with Gasteiger partial charge in [-0.05, 0) is 24.3 Å². The Morgan fingerprint density at radius 3 is 2.48 bits per heavy atom. The lowest BCUT2D eigenvalue weighted by Crippen LogP contribution is -2.60. The van der Waals surface area contributed by atoms with Gasteiger partial charge in [-0.15, -0.1) is 5.10 Å². The lowest BCUT2D eigenvalue weighted by molar-refractivity contribution is -0.120. The molecule has 1 aromatic carbocycles. The highest BCUT2D eigenvalue weighted by molar-refractivity contribution is 5.95. The maximum absolute atomic E-state index is 12.5. The van der Waals surface area contributed by atoms with Crippen molar-refractivity contribution in [1.82, 2.24) is 24.8 Å². The van der Waals surface area contributed by atoms with Crippen molar-refractivity contribution in [3.8, 4) is 11.3 Å². The molecule has 3 amide bonds. The summed E-state index contributed by atoms with van der Waals surface area (Å²) in [7, 11) is 0. The Labute approximate surface area is 165 Å². The van der Waals surface area contributed by atoms with Crippen LogP contribution in [0.25, 0.3) is 16.9 Å². The molecule has 3 heterocycles. The van der Waals surface area contributed by atoms with Crippen LogP contribution in [0.4, 0.5) is 10.7 Å². The second-order valence-corrected chi connectivity index (χ2v) is 6.73. The van der Waals surface area contributed by atoms with Crippen molar-refractivity contribution in [3.63, 3.8) is 0 Å². The first-order valence-corrected chi connectivity index (χ1v) is 8.93. The fraction of sp³-hybridized carbons (Fsp3) is 0.211. The molecule has 0 unspecified atom stereocenters. The Morgan fingerprint density at radius 1 is 1.10 bits per heavy atom. The van der Waals surface area contributed by atoms with Crippen molar-refractivity contribution < 1.29 is 19.5 Å². The van der Waals surface area contributed by atoms with Gasteiger partial charge in [0.05, 0.1) is 11.7 Å². The molecule has 148 valence electrons. The maximum atomic E-state index is 12.5. The SMILES string of the molecule is CC(=O)NC1CN(C(=O)c2ccc(-c3cccc4nc(NC(=O)O)nn34)cc2)C1. The summed E-state index contributed by atoms with van der Waals surface area (Å²) < 4.78 is 1.54. The fourth-order valence-corrected chi connectivity index (χ4v) is 3.26. The Bertz CT molecular complexity index is 1100. The number of hydrogen-bond donors (Lipinski definition) is 3. The topological polar surface area (TPSA) is 129 Å². The summed E-state index contributed by atoms with van der Waals surface area (Å²) in [5.74, 6) is -0.205. The molecule has 1 saturated heterocycles. The van der Waals surface area contributed by atoms with Crippen molar-refractivity contribution in [2.45, 2.75) is 13.0 Å². The van der Waals surface area contributed by atoms with Gasteiger partial charge in [0.2, 0.25) is 5.91 Å². The molecule has 0 saturated carbocycles. The van der Waals surface area contributed by atoms with E-state index in [2.05, 4.69) is 20.7 Å². The molecule has 0 atom stereocenters. The number of rotatable bonds is 4. The summed E-state index contributed by atoms with van der Waals surface area (Å²) in [6.45, 7) is 2.45. The number of hydrogen-bond acceptors (Lipinski definition) is 5. The highest BCUT2D eigenvalue weighted by atomic mass is 16.4. The number of likely N-dealkylation sites (tertiary alicyclic amines) is 1. The first kappa shape index (κ1) is 18.4. The Kier molecular flexibility index (Phi) is 4.59. The van der Waals surface area contributed by atoms with E-state index >= 15 is 0 Å². The van der Waals surface area contributed by atoms with Crippen molar-refractivity contribution in [1.29, 1.82) is 0 Å². The smallest absolute Gasteiger partial charge is 0.411 e. The minimum atomic E-state index is -1.24. The van der Waals surface area contributed by atoms with Crippen molar-refractivity contribution in [2.24, 2.45) is 0 Å². The summed E-state index contributed by atoms with van der Waals surface area (Å²) in [5.41, 5.74) is 2.56. The van der Waals surface area contributed by atoms with E-state index in [4.69, 9.17) is 5.11 Å². The van der Waals surface area contributed by atoms with E-state index in [1.165, 1.54) is 11.4 Å². The average molecular weight is 394 g/mol. The van der Waals surface area contributed by atoms with Crippen molar-refractivity contribution in [2.75, 3.05) is 18.4 Å². The van der Waals surface area contributed by atoms with Gasteiger partial charge in [0.15, 0.2) is 5.65 Å². The number of nitrogens with zero attached hydrogens (tertiary/aromatic N) is 4. The van der Waals surface area contributed by atoms with Crippen LogP contribution in [0.2, 0.25) is 0 Å². The molecule has 29 heavy (non-hydrogen) atoms. The Balaban J connectivity index is 1.52. The van der Waals surface area contributed by atoms with Gasteiger partial charge < -0.3 is 15.3 Å². The summed E-state index contributed by atoms with van der Waals surface area (Å²) in [6, 6.07) is 12.4. The van der Waals surface area contributed by atoms with Crippen molar-refractivity contribution >= 4 is 29.5 Å². The van der Waals surface area contributed by atoms with Crippen LogP contribution in [0.5, 0.6) is 0 Å². The predicted octanol–water partition coefficient (Wildman–Crippen LogP) is 1.45. The van der Waals surface area contributed by atoms with E-state index in [0.29, 0.717) is 30.0 Å². The standard InChI is InChI=1S/C19H18N6O4/c1-11(26)20-14-9-24(10-14)17(27)13-7-5-12(6-8-13)15-3-2-4-16-21-18(22-19(28)29)23-25(15)16/h2-8,14H,9-10H2,1H3,(H,20,26)(H,22,23)(H,28,29). The molecule has 10 nitrogen and oxygen atoms in total. The third-order valence-corrected chi connectivity index (χ3v) is 4.58. The molecule has 0 bridgehead atoms. The molecule has 1 aliphatic heterocycles. The van der Waals surface area contributed by atoms with E-state index in [1.807, 2.05) is 6.07 Å². The molecule has 1 fully saturated rings. The van der Waals surface area contributed by atoms with Gasteiger partial charge in [0, 0.05) is 31.1 Å². The van der Waals surface area contributed by atoms with E-state index in [-0.39, 0.29) is 23.8 Å². The number of anilines is 1. The Morgan fingerprint density at radius 2 is 1.83 bits per heavy atom. The average Bonchev–Trinajstić information content (AvgIpc) is 3.05. The summed E-state index contributed by atoms with van der Waals surface area (Å²) in [5, 5.41) is 17.9. The van der Waals surface area contributed by atoms with E-state index in [1.54, 1.807) is 41.3 Å². The maximum Gasteiger partial charge on any atom is 0.411 e. The first-order valence-electron chi connectivity index (χ1n) is 8.93. The quantitative estimate of drug-likeness (QED) is 0.614. The molecular formula is C19H18N6O4. The molecule has 0 radical (unpaired) electrons. The molecule has 2 aromatic heterocycles. The molecule has 1 aliphatic rings. The zero-order chi connectivity index (χ0) is 20.5. The highest BCUT2D eigenvalue weighted by Gasteiger charge is 2.31. The van der Waals surface area contributed by atoms with Crippen LogP contribution in [-0.4, -0.2) is 61.6 Å². The number of carbonyl (C=O) groups is 3. The van der Waals surface area contributed by atoms with E-state index < -0.39 is 6.09 Å². The van der Waals surface area contributed by atoms with Gasteiger partial charge in [0.1, 0.15) is 0 Å². The molecule has 3 aromatic rings. The second kappa shape index (κ2) is 7.23. The summed E-state index contributed by atoms with van der Waals surface area (Å²) >= 11 is 0. The number of benzene rings is 1. The lowest BCUT2D eigenvalue weighted by atomic mass is 10.0. The van der Waals surface area contributed by atoms with Crippen LogP contribution in [0.1, 0.15) is 17.3 Å².